The smallest absolute Gasteiger partial charge is 0.251 e. The minimum Gasteiger partial charge on any atom is -0.493 e. The lowest BCUT2D eigenvalue weighted by atomic mass is 10.2. The number of methoxy groups -OCH3 is 2. The molecule has 2 N–H and O–H groups in total. The number of nitrogens with one attached hydrogen (secondary N) is 2. The van der Waals surface area contributed by atoms with Crippen molar-refractivity contribution in [3.63, 3.8) is 0 Å². The van der Waals surface area contributed by atoms with E-state index in [4.69, 9.17) is 9.47 Å². The Bertz CT molecular complexity index is 732. The minimum atomic E-state index is -0.367. The number of rotatable bonds is 6. The number of benzene rings is 2. The van der Waals surface area contributed by atoms with Crippen molar-refractivity contribution >= 4 is 40.1 Å². The van der Waals surface area contributed by atoms with Crippen LogP contribution < -0.4 is 20.1 Å². The first-order valence-electron chi connectivity index (χ1n) is 7.09. The van der Waals surface area contributed by atoms with E-state index in [0.717, 1.165) is 3.57 Å². The maximum Gasteiger partial charge on any atom is 0.251 e. The molecule has 0 unspecified atom stereocenters. The summed E-state index contributed by atoms with van der Waals surface area (Å²) >= 11 is 2.18. The number of ether oxygens (including phenoxy) is 2. The number of anilines is 1. The van der Waals surface area contributed by atoms with Crippen LogP contribution >= 0.6 is 22.6 Å². The predicted molar refractivity (Wildman–Crippen MR) is 99.7 cm³/mol. The van der Waals surface area contributed by atoms with Crippen LogP contribution in [0.2, 0.25) is 0 Å². The average Bonchev–Trinajstić information content (AvgIpc) is 2.61. The van der Waals surface area contributed by atoms with E-state index in [0.29, 0.717) is 22.7 Å². The zero-order chi connectivity index (χ0) is 17.5. The van der Waals surface area contributed by atoms with Crippen LogP contribution in [-0.2, 0) is 4.79 Å². The number of amides is 2. The summed E-state index contributed by atoms with van der Waals surface area (Å²) in [5, 5.41) is 5.29. The van der Waals surface area contributed by atoms with E-state index in [1.807, 2.05) is 12.1 Å². The molecule has 7 heteroatoms. The summed E-state index contributed by atoms with van der Waals surface area (Å²) in [6, 6.07) is 12.2. The largest absolute Gasteiger partial charge is 0.493 e. The second-order valence-corrected chi connectivity index (χ2v) is 6.05. The Labute approximate surface area is 153 Å². The van der Waals surface area contributed by atoms with E-state index < -0.39 is 0 Å². The van der Waals surface area contributed by atoms with Crippen molar-refractivity contribution in [3.8, 4) is 11.5 Å². The third-order valence-electron chi connectivity index (χ3n) is 3.18. The maximum absolute atomic E-state index is 12.1. The molecule has 2 aromatic rings. The minimum absolute atomic E-state index is 0.126. The van der Waals surface area contributed by atoms with Crippen molar-refractivity contribution in [1.82, 2.24) is 5.32 Å². The molecule has 0 atom stereocenters. The van der Waals surface area contributed by atoms with Crippen LogP contribution in [0.1, 0.15) is 10.4 Å². The van der Waals surface area contributed by atoms with Crippen molar-refractivity contribution in [1.29, 1.82) is 0 Å². The van der Waals surface area contributed by atoms with Crippen LogP contribution in [0.5, 0.6) is 11.5 Å². The SMILES string of the molecule is COc1ccc(C(=O)NCC(=O)Nc2ccc(I)cc2)cc1OC. The molecule has 0 fully saturated rings. The molecular weight excluding hydrogens is 423 g/mol. The average molecular weight is 440 g/mol. The van der Waals surface area contributed by atoms with Gasteiger partial charge in [-0.05, 0) is 65.1 Å². The summed E-state index contributed by atoms with van der Waals surface area (Å²) in [6.07, 6.45) is 0. The third-order valence-corrected chi connectivity index (χ3v) is 3.90. The summed E-state index contributed by atoms with van der Waals surface area (Å²) in [4.78, 5) is 24.0. The monoisotopic (exact) mass is 440 g/mol. The van der Waals surface area contributed by atoms with Crippen molar-refractivity contribution in [2.75, 3.05) is 26.1 Å². The van der Waals surface area contributed by atoms with Crippen molar-refractivity contribution in [2.45, 2.75) is 0 Å². The normalized spacial score (nSPS) is 9.96. The fourth-order valence-corrected chi connectivity index (χ4v) is 2.34. The first-order valence-corrected chi connectivity index (χ1v) is 8.17. The topological polar surface area (TPSA) is 76.7 Å². The van der Waals surface area contributed by atoms with Gasteiger partial charge in [0.1, 0.15) is 0 Å². The van der Waals surface area contributed by atoms with Crippen LogP contribution in [0, 0.1) is 3.57 Å². The van der Waals surface area contributed by atoms with Gasteiger partial charge in [0.2, 0.25) is 5.91 Å². The molecular formula is C17H17IN2O4. The summed E-state index contributed by atoms with van der Waals surface area (Å²) in [5.74, 6) is 0.317. The fourth-order valence-electron chi connectivity index (χ4n) is 1.98. The van der Waals surface area contributed by atoms with Gasteiger partial charge in [0.25, 0.3) is 5.91 Å². The molecule has 24 heavy (non-hydrogen) atoms. The second-order valence-electron chi connectivity index (χ2n) is 4.81. The fraction of sp³-hybridized carbons (Fsp3) is 0.176. The van der Waals surface area contributed by atoms with Crippen LogP contribution in [0.25, 0.3) is 0 Å². The summed E-state index contributed by atoms with van der Waals surface area (Å²) in [5.41, 5.74) is 1.07. The molecule has 0 heterocycles. The van der Waals surface area contributed by atoms with Gasteiger partial charge in [-0.25, -0.2) is 0 Å². The highest BCUT2D eigenvalue weighted by atomic mass is 127. The highest BCUT2D eigenvalue weighted by Crippen LogP contribution is 2.27. The first-order chi connectivity index (χ1) is 11.5. The summed E-state index contributed by atoms with van der Waals surface area (Å²) in [7, 11) is 3.01. The van der Waals surface area contributed by atoms with Gasteiger partial charge in [0.15, 0.2) is 11.5 Å². The lowest BCUT2D eigenvalue weighted by molar-refractivity contribution is -0.115. The van der Waals surface area contributed by atoms with Gasteiger partial charge < -0.3 is 20.1 Å². The molecule has 126 valence electrons. The Morgan fingerprint density at radius 3 is 2.29 bits per heavy atom. The highest BCUT2D eigenvalue weighted by Gasteiger charge is 2.12. The molecule has 0 aliphatic rings. The Hall–Kier alpha value is -2.29. The number of hydrogen-bond acceptors (Lipinski definition) is 4. The van der Waals surface area contributed by atoms with E-state index >= 15 is 0 Å². The molecule has 0 radical (unpaired) electrons. The van der Waals surface area contributed by atoms with E-state index in [1.54, 1.807) is 30.3 Å². The third kappa shape index (κ3) is 4.85. The molecule has 2 aromatic carbocycles. The molecule has 0 spiro atoms. The molecule has 6 nitrogen and oxygen atoms in total. The van der Waals surface area contributed by atoms with Crippen LogP contribution in [0.3, 0.4) is 0 Å². The van der Waals surface area contributed by atoms with Crippen molar-refractivity contribution < 1.29 is 19.1 Å². The lowest BCUT2D eigenvalue weighted by Crippen LogP contribution is -2.32. The highest BCUT2D eigenvalue weighted by molar-refractivity contribution is 14.1. The zero-order valence-corrected chi connectivity index (χ0v) is 15.4. The number of hydrogen-bond donors (Lipinski definition) is 2. The molecule has 0 aromatic heterocycles. The standard InChI is InChI=1S/C17H17IN2O4/c1-23-14-8-3-11(9-15(14)24-2)17(22)19-10-16(21)20-13-6-4-12(18)5-7-13/h3-9H,10H2,1-2H3,(H,19,22)(H,20,21). The number of carbonyl (C=O) groups is 2. The molecule has 0 saturated carbocycles. The van der Waals surface area contributed by atoms with Gasteiger partial charge >= 0.3 is 0 Å². The van der Waals surface area contributed by atoms with Gasteiger partial charge in [0.05, 0.1) is 20.8 Å². The van der Waals surface area contributed by atoms with E-state index in [-0.39, 0.29) is 18.4 Å². The molecule has 0 aliphatic carbocycles. The van der Waals surface area contributed by atoms with Gasteiger partial charge in [0, 0.05) is 14.8 Å². The molecule has 0 saturated heterocycles. The van der Waals surface area contributed by atoms with Crippen LogP contribution in [-0.4, -0.2) is 32.6 Å². The molecule has 2 amide bonds. The summed E-state index contributed by atoms with van der Waals surface area (Å²) in [6.45, 7) is -0.126. The van der Waals surface area contributed by atoms with Gasteiger partial charge in [-0.15, -0.1) is 0 Å². The Kier molecular flexibility index (Phi) is 6.42. The van der Waals surface area contributed by atoms with Gasteiger partial charge in [-0.3, -0.25) is 9.59 Å². The second kappa shape index (κ2) is 8.53. The Morgan fingerprint density at radius 1 is 1.00 bits per heavy atom. The van der Waals surface area contributed by atoms with Crippen LogP contribution in [0.15, 0.2) is 42.5 Å². The summed E-state index contributed by atoms with van der Waals surface area (Å²) < 4.78 is 11.4. The maximum atomic E-state index is 12.1. The van der Waals surface area contributed by atoms with Gasteiger partial charge in [-0.2, -0.15) is 0 Å². The lowest BCUT2D eigenvalue weighted by Gasteiger charge is -2.10. The Balaban J connectivity index is 1.92. The predicted octanol–water partition coefficient (Wildman–Crippen LogP) is 2.68. The number of halogens is 1. The Morgan fingerprint density at radius 2 is 1.67 bits per heavy atom. The van der Waals surface area contributed by atoms with Crippen LogP contribution in [0.4, 0.5) is 5.69 Å². The van der Waals surface area contributed by atoms with Gasteiger partial charge in [-0.1, -0.05) is 0 Å². The molecule has 0 bridgehead atoms. The first kappa shape index (κ1) is 18.1. The molecule has 0 aliphatic heterocycles. The molecule has 2 rings (SSSR count). The van der Waals surface area contributed by atoms with E-state index in [2.05, 4.69) is 33.2 Å². The quantitative estimate of drug-likeness (QED) is 0.678. The van der Waals surface area contributed by atoms with Crippen molar-refractivity contribution in [2.24, 2.45) is 0 Å². The zero-order valence-electron chi connectivity index (χ0n) is 13.3. The van der Waals surface area contributed by atoms with E-state index in [9.17, 15) is 9.59 Å². The van der Waals surface area contributed by atoms with Crippen molar-refractivity contribution in [3.05, 3.63) is 51.6 Å². The van der Waals surface area contributed by atoms with E-state index in [1.165, 1.54) is 14.2 Å². The number of carbonyl (C=O) groups excluding carboxylic acids is 2.